The SMILES string of the molecule is CCOc1ccc(N/C(=N\c2nc(C)cc(C)n2)NC(=O)c2ccccc2)cc1. The molecule has 1 heterocycles. The average molecular weight is 389 g/mol. The summed E-state index contributed by atoms with van der Waals surface area (Å²) in [6.45, 7) is 6.27. The van der Waals surface area contributed by atoms with Crippen molar-refractivity contribution < 1.29 is 9.53 Å². The van der Waals surface area contributed by atoms with E-state index in [1.807, 2.05) is 57.2 Å². The third-order valence-corrected chi connectivity index (χ3v) is 3.88. The normalized spacial score (nSPS) is 11.1. The number of anilines is 1. The molecule has 1 amide bonds. The molecule has 0 spiro atoms. The van der Waals surface area contributed by atoms with Crippen LogP contribution in [-0.4, -0.2) is 28.4 Å². The van der Waals surface area contributed by atoms with E-state index in [4.69, 9.17) is 4.74 Å². The number of aryl methyl sites for hydroxylation is 2. The van der Waals surface area contributed by atoms with Crippen LogP contribution >= 0.6 is 0 Å². The first-order chi connectivity index (χ1) is 14.0. The number of benzene rings is 2. The number of hydrogen-bond acceptors (Lipinski definition) is 5. The van der Waals surface area contributed by atoms with E-state index < -0.39 is 0 Å². The first-order valence-corrected chi connectivity index (χ1v) is 9.31. The quantitative estimate of drug-likeness (QED) is 0.508. The van der Waals surface area contributed by atoms with Crippen LogP contribution < -0.4 is 15.4 Å². The summed E-state index contributed by atoms with van der Waals surface area (Å²) in [5.41, 5.74) is 2.86. The number of ether oxygens (including phenoxy) is 1. The molecule has 0 aliphatic rings. The summed E-state index contributed by atoms with van der Waals surface area (Å²) in [4.78, 5) is 25.7. The first kappa shape index (κ1) is 20.0. The number of nitrogens with one attached hydrogen (secondary N) is 2. The monoisotopic (exact) mass is 389 g/mol. The molecule has 0 saturated heterocycles. The zero-order chi connectivity index (χ0) is 20.6. The predicted octanol–water partition coefficient (Wildman–Crippen LogP) is 4.02. The highest BCUT2D eigenvalue weighted by Crippen LogP contribution is 2.16. The van der Waals surface area contributed by atoms with Gasteiger partial charge in [0.2, 0.25) is 5.96 Å². The third kappa shape index (κ3) is 5.87. The standard InChI is InChI=1S/C22H23N5O2/c1-4-29-19-12-10-18(11-13-19)25-22(26-20(28)17-8-6-5-7-9-17)27-21-23-15(2)14-16(3)24-21/h5-14H,4H2,1-3H3,(H2,23,24,25,26,27,28). The molecule has 0 aliphatic heterocycles. The molecule has 148 valence electrons. The van der Waals surface area contributed by atoms with Gasteiger partial charge in [0.1, 0.15) is 5.75 Å². The smallest absolute Gasteiger partial charge is 0.257 e. The fraction of sp³-hybridized carbons (Fsp3) is 0.182. The minimum absolute atomic E-state index is 0.230. The summed E-state index contributed by atoms with van der Waals surface area (Å²) in [6.07, 6.45) is 0. The van der Waals surface area contributed by atoms with Crippen molar-refractivity contribution in [3.63, 3.8) is 0 Å². The van der Waals surface area contributed by atoms with Crippen LogP contribution in [0.4, 0.5) is 11.6 Å². The summed E-state index contributed by atoms with van der Waals surface area (Å²) in [5.74, 6) is 0.979. The van der Waals surface area contributed by atoms with Gasteiger partial charge < -0.3 is 10.1 Å². The lowest BCUT2D eigenvalue weighted by Gasteiger charge is -2.12. The van der Waals surface area contributed by atoms with Crippen LogP contribution in [0.2, 0.25) is 0 Å². The Morgan fingerprint density at radius 1 is 1.00 bits per heavy atom. The summed E-state index contributed by atoms with van der Waals surface area (Å²) in [7, 11) is 0. The number of aliphatic imine (C=N–C) groups is 1. The molecule has 0 aliphatic carbocycles. The van der Waals surface area contributed by atoms with Crippen molar-refractivity contribution in [1.29, 1.82) is 0 Å². The molecule has 0 radical (unpaired) electrons. The van der Waals surface area contributed by atoms with E-state index >= 15 is 0 Å². The van der Waals surface area contributed by atoms with Crippen molar-refractivity contribution in [3.8, 4) is 5.75 Å². The Labute approximate surface area is 169 Å². The summed E-state index contributed by atoms with van der Waals surface area (Å²) >= 11 is 0. The molecule has 29 heavy (non-hydrogen) atoms. The average Bonchev–Trinajstić information content (AvgIpc) is 2.69. The number of guanidine groups is 1. The van der Waals surface area contributed by atoms with E-state index in [9.17, 15) is 4.79 Å². The largest absolute Gasteiger partial charge is 0.494 e. The van der Waals surface area contributed by atoms with Gasteiger partial charge in [-0.15, -0.1) is 0 Å². The number of amides is 1. The van der Waals surface area contributed by atoms with Gasteiger partial charge in [0.05, 0.1) is 6.61 Å². The van der Waals surface area contributed by atoms with Crippen molar-refractivity contribution in [1.82, 2.24) is 15.3 Å². The topological polar surface area (TPSA) is 88.5 Å². The number of hydrogen-bond donors (Lipinski definition) is 2. The van der Waals surface area contributed by atoms with Gasteiger partial charge in [0, 0.05) is 22.6 Å². The maximum atomic E-state index is 12.6. The minimum atomic E-state index is -0.285. The van der Waals surface area contributed by atoms with E-state index in [1.54, 1.807) is 24.3 Å². The number of rotatable bonds is 5. The second kappa shape index (κ2) is 9.45. The molecule has 1 aromatic heterocycles. The number of carbonyl (C=O) groups is 1. The Hall–Kier alpha value is -3.74. The predicted molar refractivity (Wildman–Crippen MR) is 114 cm³/mol. The van der Waals surface area contributed by atoms with Gasteiger partial charge in [-0.3, -0.25) is 10.1 Å². The highest BCUT2D eigenvalue weighted by Gasteiger charge is 2.11. The summed E-state index contributed by atoms with van der Waals surface area (Å²) in [5, 5.41) is 5.92. The molecule has 3 rings (SSSR count). The van der Waals surface area contributed by atoms with Crippen LogP contribution in [0.15, 0.2) is 65.7 Å². The Morgan fingerprint density at radius 3 is 2.28 bits per heavy atom. The van der Waals surface area contributed by atoms with Crippen molar-refractivity contribution in [2.24, 2.45) is 4.99 Å². The maximum Gasteiger partial charge on any atom is 0.257 e. The molecule has 0 saturated carbocycles. The number of carbonyl (C=O) groups excluding carboxylic acids is 1. The minimum Gasteiger partial charge on any atom is -0.494 e. The van der Waals surface area contributed by atoms with Crippen LogP contribution in [-0.2, 0) is 0 Å². The first-order valence-electron chi connectivity index (χ1n) is 9.31. The lowest BCUT2D eigenvalue weighted by atomic mass is 10.2. The summed E-state index contributed by atoms with van der Waals surface area (Å²) < 4.78 is 5.46. The molecule has 7 nitrogen and oxygen atoms in total. The van der Waals surface area contributed by atoms with Crippen LogP contribution in [0.1, 0.15) is 28.7 Å². The Morgan fingerprint density at radius 2 is 1.66 bits per heavy atom. The molecular weight excluding hydrogens is 366 g/mol. The van der Waals surface area contributed by atoms with Crippen LogP contribution in [0.5, 0.6) is 5.75 Å². The van der Waals surface area contributed by atoms with E-state index in [0.29, 0.717) is 12.2 Å². The highest BCUT2D eigenvalue weighted by molar-refractivity contribution is 6.10. The number of aromatic nitrogens is 2. The van der Waals surface area contributed by atoms with Gasteiger partial charge in [0.25, 0.3) is 11.9 Å². The van der Waals surface area contributed by atoms with E-state index in [0.717, 1.165) is 22.8 Å². The van der Waals surface area contributed by atoms with Crippen LogP contribution in [0.25, 0.3) is 0 Å². The van der Waals surface area contributed by atoms with Gasteiger partial charge in [-0.25, -0.2) is 9.97 Å². The molecule has 0 fully saturated rings. The van der Waals surface area contributed by atoms with Gasteiger partial charge in [0.15, 0.2) is 0 Å². The molecule has 2 N–H and O–H groups in total. The van der Waals surface area contributed by atoms with Gasteiger partial charge in [-0.2, -0.15) is 4.99 Å². The molecule has 7 heteroatoms. The number of nitrogens with zero attached hydrogens (tertiary/aromatic N) is 3. The van der Waals surface area contributed by atoms with Gasteiger partial charge >= 0.3 is 0 Å². The molecule has 2 aromatic carbocycles. The van der Waals surface area contributed by atoms with E-state index in [2.05, 4.69) is 25.6 Å². The van der Waals surface area contributed by atoms with E-state index in [-0.39, 0.29) is 17.8 Å². The zero-order valence-corrected chi connectivity index (χ0v) is 16.6. The van der Waals surface area contributed by atoms with Crippen molar-refractivity contribution >= 4 is 23.5 Å². The van der Waals surface area contributed by atoms with Crippen molar-refractivity contribution in [2.45, 2.75) is 20.8 Å². The Kier molecular flexibility index (Phi) is 6.52. The second-order valence-electron chi connectivity index (χ2n) is 6.31. The van der Waals surface area contributed by atoms with Crippen molar-refractivity contribution in [2.75, 3.05) is 11.9 Å². The fourth-order valence-corrected chi connectivity index (χ4v) is 2.65. The molecule has 0 bridgehead atoms. The lowest BCUT2D eigenvalue weighted by molar-refractivity contribution is 0.0977. The highest BCUT2D eigenvalue weighted by atomic mass is 16.5. The molecule has 0 atom stereocenters. The fourth-order valence-electron chi connectivity index (χ4n) is 2.65. The third-order valence-electron chi connectivity index (χ3n) is 3.88. The van der Waals surface area contributed by atoms with Crippen LogP contribution in [0, 0.1) is 13.8 Å². The lowest BCUT2D eigenvalue weighted by Crippen LogP contribution is -2.35. The Balaban J connectivity index is 1.87. The Bertz CT molecular complexity index is 981. The second-order valence-corrected chi connectivity index (χ2v) is 6.31. The van der Waals surface area contributed by atoms with Gasteiger partial charge in [-0.1, -0.05) is 18.2 Å². The summed E-state index contributed by atoms with van der Waals surface area (Å²) in [6, 6.07) is 18.2. The van der Waals surface area contributed by atoms with E-state index in [1.165, 1.54) is 0 Å². The van der Waals surface area contributed by atoms with Crippen molar-refractivity contribution in [3.05, 3.63) is 77.6 Å². The molecular formula is C22H23N5O2. The molecule has 3 aromatic rings. The zero-order valence-electron chi connectivity index (χ0n) is 16.6. The maximum absolute atomic E-state index is 12.6. The van der Waals surface area contributed by atoms with Crippen LogP contribution in [0.3, 0.4) is 0 Å². The van der Waals surface area contributed by atoms with Gasteiger partial charge in [-0.05, 0) is 63.2 Å². The molecule has 0 unspecified atom stereocenters.